The van der Waals surface area contributed by atoms with E-state index in [-0.39, 0.29) is 7.30 Å². The maximum absolute atomic E-state index is 3.15. The fourth-order valence-corrected chi connectivity index (χ4v) is 9.51. The summed E-state index contributed by atoms with van der Waals surface area (Å²) >= 11 is 0. The van der Waals surface area contributed by atoms with Gasteiger partial charge in [-0.3, -0.25) is 0 Å². The molecule has 0 heterocycles. The first kappa shape index (κ1) is 12.2. The van der Waals surface area contributed by atoms with E-state index in [4.69, 9.17) is 0 Å². The Morgan fingerprint density at radius 1 is 1.29 bits per heavy atom. The average molecular weight is 266 g/mol. The topological polar surface area (TPSA) is 0 Å². The predicted octanol–water partition coefficient (Wildman–Crippen LogP) is 5.00. The Balaban J connectivity index is 2.02. The van der Waals surface area contributed by atoms with E-state index in [1.807, 2.05) is 0 Å². The molecule has 0 aromatic rings. The quantitative estimate of drug-likeness (QED) is 0.617. The van der Waals surface area contributed by atoms with E-state index in [1.165, 1.54) is 12.8 Å². The van der Waals surface area contributed by atoms with Crippen molar-refractivity contribution in [1.82, 2.24) is 0 Å². The summed E-state index contributed by atoms with van der Waals surface area (Å²) in [5.41, 5.74) is 1.87. The zero-order valence-electron chi connectivity index (χ0n) is 9.00. The minimum absolute atomic E-state index is 0.246. The Morgan fingerprint density at radius 2 is 1.93 bits per heavy atom. The van der Waals surface area contributed by atoms with E-state index in [1.54, 1.807) is 25.7 Å². The van der Waals surface area contributed by atoms with Gasteiger partial charge >= 0.3 is 0 Å². The Kier molecular flexibility index (Phi) is 4.29. The second kappa shape index (κ2) is 4.92. The van der Waals surface area contributed by atoms with Crippen molar-refractivity contribution in [3.63, 3.8) is 0 Å². The van der Waals surface area contributed by atoms with E-state index < -0.39 is 0 Å². The van der Waals surface area contributed by atoms with Crippen LogP contribution >= 0.6 is 33.1 Å². The summed E-state index contributed by atoms with van der Waals surface area (Å²) < 4.78 is 0. The average Bonchev–Trinajstić information content (AvgIpc) is 2.74. The summed E-state index contributed by atoms with van der Waals surface area (Å²) in [6.07, 6.45) is 9.21. The van der Waals surface area contributed by atoms with Crippen LogP contribution in [0.3, 0.4) is 0 Å². The van der Waals surface area contributed by atoms with Gasteiger partial charge in [-0.15, -0.1) is 17.9 Å². The van der Waals surface area contributed by atoms with Gasteiger partial charge in [0.15, 0.2) is 0 Å². The second-order valence-electron chi connectivity index (χ2n) is 5.20. The Morgan fingerprint density at radius 3 is 2.50 bits per heavy atom. The molecule has 1 spiro atoms. The Bertz CT molecular complexity index is 200. The van der Waals surface area contributed by atoms with Crippen LogP contribution in [-0.2, 0) is 0 Å². The van der Waals surface area contributed by atoms with Gasteiger partial charge in [0.05, 0.1) is 0 Å². The lowest BCUT2D eigenvalue weighted by Crippen LogP contribution is -2.11. The lowest BCUT2D eigenvalue weighted by atomic mass is 9.84. The molecule has 2 aliphatic carbocycles. The molecular weight excluding hydrogens is 244 g/mol. The van der Waals surface area contributed by atoms with Gasteiger partial charge in [0.1, 0.15) is 0 Å². The van der Waals surface area contributed by atoms with Crippen LogP contribution in [0.5, 0.6) is 0 Å². The highest BCUT2D eigenvalue weighted by Gasteiger charge is 2.45. The van der Waals surface area contributed by atoms with Gasteiger partial charge < -0.3 is 0 Å². The first-order valence-corrected chi connectivity index (χ1v) is 12.4. The van der Waals surface area contributed by atoms with Crippen LogP contribution in [0, 0.1) is 11.3 Å². The smallest absolute Gasteiger partial charge is 0.0105 e. The Labute approximate surface area is 95.8 Å². The molecule has 82 valence electrons. The second-order valence-corrected chi connectivity index (χ2v) is 14.8. The maximum Gasteiger partial charge on any atom is -0.0105 e. The fourth-order valence-electron chi connectivity index (χ4n) is 3.55. The van der Waals surface area contributed by atoms with Crippen LogP contribution in [0.15, 0.2) is 0 Å². The third kappa shape index (κ3) is 2.35. The molecule has 0 bridgehead atoms. The maximum atomic E-state index is 3.15. The minimum atomic E-state index is 0.246. The molecule has 2 rings (SSSR count). The van der Waals surface area contributed by atoms with Gasteiger partial charge in [0.25, 0.3) is 0 Å². The monoisotopic (exact) mass is 266 g/mol. The van der Waals surface area contributed by atoms with Crippen LogP contribution in [0.2, 0.25) is 0 Å². The highest BCUT2D eigenvalue weighted by atomic mass is 32.6. The predicted molar refractivity (Wildman–Crippen MR) is 77.7 cm³/mol. The minimum Gasteiger partial charge on any atom is -0.110 e. The molecule has 14 heavy (non-hydrogen) atoms. The van der Waals surface area contributed by atoms with Crippen LogP contribution < -0.4 is 0 Å². The number of hydrogen-bond acceptors (Lipinski definition) is 0. The lowest BCUT2D eigenvalue weighted by Gasteiger charge is -2.24. The van der Waals surface area contributed by atoms with Crippen LogP contribution in [-0.4, -0.2) is 5.66 Å². The number of rotatable bonds is 2. The molecule has 0 amide bonds. The van der Waals surface area contributed by atoms with Gasteiger partial charge in [0, 0.05) is 0 Å². The molecular formula is C10H22P4. The van der Waals surface area contributed by atoms with Crippen LogP contribution in [0.1, 0.15) is 45.4 Å². The van der Waals surface area contributed by atoms with E-state index >= 15 is 0 Å². The zero-order valence-corrected chi connectivity index (χ0v) is 13.2. The molecule has 4 unspecified atom stereocenters. The SMILES string of the molecule is C[C@H]1CC2(CCCC2)C[C@H]1P(P)PP. The standard InChI is InChI=1S/C10H22P4/c1-8-6-10(4-2-3-5-10)7-9(8)14(12)13-11/h8-9,13H,2-7,11-12H2,1H3/t8-,9+,14?/m0/s1. The van der Waals surface area contributed by atoms with E-state index in [0.29, 0.717) is 0 Å². The third-order valence-corrected chi connectivity index (χ3v) is 15.7. The first-order chi connectivity index (χ1) is 6.67. The van der Waals surface area contributed by atoms with Crippen LogP contribution in [0.25, 0.3) is 0 Å². The molecule has 0 nitrogen and oxygen atoms in total. The van der Waals surface area contributed by atoms with Crippen molar-refractivity contribution in [1.29, 1.82) is 0 Å². The van der Waals surface area contributed by atoms with Crippen molar-refractivity contribution in [3.05, 3.63) is 0 Å². The van der Waals surface area contributed by atoms with Crippen molar-refractivity contribution in [2.45, 2.75) is 51.1 Å². The summed E-state index contributed by atoms with van der Waals surface area (Å²) in [4.78, 5) is 0. The van der Waals surface area contributed by atoms with Gasteiger partial charge in [-0.1, -0.05) is 35.0 Å². The molecule has 0 aliphatic heterocycles. The molecule has 4 heteroatoms. The molecule has 2 fully saturated rings. The molecule has 0 saturated heterocycles. The highest BCUT2D eigenvalue weighted by Crippen LogP contribution is 2.75. The summed E-state index contributed by atoms with van der Waals surface area (Å²) in [6.45, 7) is 2.50. The highest BCUT2D eigenvalue weighted by molar-refractivity contribution is 8.61. The van der Waals surface area contributed by atoms with Crippen molar-refractivity contribution in [2.75, 3.05) is 0 Å². The summed E-state index contributed by atoms with van der Waals surface area (Å²) in [7, 11) is 7.46. The summed E-state index contributed by atoms with van der Waals surface area (Å²) in [6, 6.07) is 0. The first-order valence-electron chi connectivity index (χ1n) is 5.67. The van der Waals surface area contributed by atoms with Crippen molar-refractivity contribution in [2.24, 2.45) is 11.3 Å². The van der Waals surface area contributed by atoms with E-state index in [2.05, 4.69) is 24.8 Å². The van der Waals surface area contributed by atoms with Crippen molar-refractivity contribution < 1.29 is 0 Å². The van der Waals surface area contributed by atoms with Gasteiger partial charge in [-0.25, -0.2) is 0 Å². The van der Waals surface area contributed by atoms with Gasteiger partial charge in [0.2, 0.25) is 0 Å². The third-order valence-electron chi connectivity index (χ3n) is 4.22. The Hall–Kier alpha value is 1.72. The molecule has 2 aliphatic rings. The summed E-state index contributed by atoms with van der Waals surface area (Å²) in [5, 5.41) is 0. The van der Waals surface area contributed by atoms with Crippen molar-refractivity contribution in [3.8, 4) is 0 Å². The zero-order chi connectivity index (χ0) is 10.2. The molecule has 0 radical (unpaired) electrons. The van der Waals surface area contributed by atoms with Crippen LogP contribution in [0.4, 0.5) is 0 Å². The molecule has 0 aromatic heterocycles. The largest absolute Gasteiger partial charge is 0.110 e. The molecule has 6 atom stereocenters. The molecule has 2 saturated carbocycles. The van der Waals surface area contributed by atoms with Gasteiger partial charge in [-0.05, 0) is 42.7 Å². The van der Waals surface area contributed by atoms with E-state index in [9.17, 15) is 0 Å². The summed E-state index contributed by atoms with van der Waals surface area (Å²) in [5.74, 6) is 1.00. The van der Waals surface area contributed by atoms with E-state index in [0.717, 1.165) is 24.9 Å². The fraction of sp³-hybridized carbons (Fsp3) is 1.00. The number of hydrogen-bond donors (Lipinski definition) is 0. The molecule has 0 N–H and O–H groups in total. The van der Waals surface area contributed by atoms with Gasteiger partial charge in [-0.2, -0.15) is 0 Å². The van der Waals surface area contributed by atoms with Crippen molar-refractivity contribution >= 4 is 33.1 Å². The normalized spacial score (nSPS) is 38.8. The molecule has 0 aromatic carbocycles. The lowest BCUT2D eigenvalue weighted by molar-refractivity contribution is 0.298.